The van der Waals surface area contributed by atoms with Crippen LogP contribution in [0.25, 0.3) is 0 Å². The highest BCUT2D eigenvalue weighted by molar-refractivity contribution is 5.77. The Kier molecular flexibility index (Phi) is 4.21. The summed E-state index contributed by atoms with van der Waals surface area (Å²) in [4.78, 5) is 24.2. The molecule has 0 radical (unpaired) electrons. The number of carbonyl (C=O) groups excluding carboxylic acids is 2. The lowest BCUT2D eigenvalue weighted by Gasteiger charge is -2.39. The van der Waals surface area contributed by atoms with E-state index in [4.69, 9.17) is 9.47 Å². The molecule has 5 heteroatoms. The molecule has 1 saturated heterocycles. The summed E-state index contributed by atoms with van der Waals surface area (Å²) < 4.78 is 11.1. The van der Waals surface area contributed by atoms with Crippen LogP contribution in [0.1, 0.15) is 36.7 Å². The standard InChI is InChI=1S/C16H21NO4/c1-11-7-13(6-5-12(11)10-18)20-14-8-17(9-14)15(19)21-16(2,3)4/h5-7,10,14H,8-9H2,1-4H3. The third-order valence-corrected chi connectivity index (χ3v) is 3.17. The van der Waals surface area contributed by atoms with Crippen LogP contribution < -0.4 is 4.74 Å². The van der Waals surface area contributed by atoms with Gasteiger partial charge in [-0.3, -0.25) is 4.79 Å². The number of amides is 1. The third kappa shape index (κ3) is 3.97. The minimum atomic E-state index is -0.481. The lowest BCUT2D eigenvalue weighted by molar-refractivity contribution is -0.0221. The molecule has 0 N–H and O–H groups in total. The van der Waals surface area contributed by atoms with Crippen LogP contribution in [-0.4, -0.2) is 42.1 Å². The van der Waals surface area contributed by atoms with Crippen molar-refractivity contribution in [3.63, 3.8) is 0 Å². The lowest BCUT2D eigenvalue weighted by Crippen LogP contribution is -2.57. The Labute approximate surface area is 124 Å². The van der Waals surface area contributed by atoms with Gasteiger partial charge in [0.1, 0.15) is 23.7 Å². The molecule has 0 atom stereocenters. The maximum absolute atomic E-state index is 11.8. The van der Waals surface area contributed by atoms with Gasteiger partial charge in [-0.25, -0.2) is 4.79 Å². The van der Waals surface area contributed by atoms with Gasteiger partial charge in [0.2, 0.25) is 0 Å². The molecule has 0 saturated carbocycles. The van der Waals surface area contributed by atoms with Crippen molar-refractivity contribution >= 4 is 12.4 Å². The molecule has 0 spiro atoms. The highest BCUT2D eigenvalue weighted by Crippen LogP contribution is 2.22. The van der Waals surface area contributed by atoms with Crippen LogP contribution in [-0.2, 0) is 4.74 Å². The van der Waals surface area contributed by atoms with E-state index in [-0.39, 0.29) is 12.2 Å². The van der Waals surface area contributed by atoms with E-state index >= 15 is 0 Å². The van der Waals surface area contributed by atoms with Crippen molar-refractivity contribution in [3.8, 4) is 5.75 Å². The summed E-state index contributed by atoms with van der Waals surface area (Å²) in [6.45, 7) is 8.43. The van der Waals surface area contributed by atoms with E-state index in [1.165, 1.54) is 0 Å². The first-order valence-electron chi connectivity index (χ1n) is 6.99. The van der Waals surface area contributed by atoms with E-state index in [0.29, 0.717) is 24.4 Å². The van der Waals surface area contributed by atoms with E-state index in [2.05, 4.69) is 0 Å². The molecule has 1 heterocycles. The number of rotatable bonds is 3. The summed E-state index contributed by atoms with van der Waals surface area (Å²) in [5.41, 5.74) is 1.06. The molecule has 0 bridgehead atoms. The Morgan fingerprint density at radius 3 is 2.52 bits per heavy atom. The van der Waals surface area contributed by atoms with Crippen LogP contribution in [0.4, 0.5) is 4.79 Å². The van der Waals surface area contributed by atoms with Crippen molar-refractivity contribution < 1.29 is 19.1 Å². The van der Waals surface area contributed by atoms with E-state index in [9.17, 15) is 9.59 Å². The zero-order valence-corrected chi connectivity index (χ0v) is 12.9. The van der Waals surface area contributed by atoms with Crippen LogP contribution in [0, 0.1) is 6.92 Å². The average molecular weight is 291 g/mol. The van der Waals surface area contributed by atoms with Gasteiger partial charge in [-0.05, 0) is 51.5 Å². The molecule has 1 aliphatic rings. The summed E-state index contributed by atoms with van der Waals surface area (Å²) in [6.07, 6.45) is 0.487. The first-order valence-corrected chi connectivity index (χ1v) is 6.99. The number of carbonyl (C=O) groups is 2. The maximum atomic E-state index is 11.8. The van der Waals surface area contributed by atoms with Gasteiger partial charge >= 0.3 is 6.09 Å². The van der Waals surface area contributed by atoms with Gasteiger partial charge in [0.15, 0.2) is 0 Å². The number of aldehydes is 1. The Morgan fingerprint density at radius 2 is 2.00 bits per heavy atom. The SMILES string of the molecule is Cc1cc(OC2CN(C(=O)OC(C)(C)C)C2)ccc1C=O. The van der Waals surface area contributed by atoms with Crippen molar-refractivity contribution in [1.29, 1.82) is 0 Å². The fourth-order valence-corrected chi connectivity index (χ4v) is 2.03. The van der Waals surface area contributed by atoms with Gasteiger partial charge in [0.25, 0.3) is 0 Å². The van der Waals surface area contributed by atoms with E-state index in [1.54, 1.807) is 17.0 Å². The van der Waals surface area contributed by atoms with Gasteiger partial charge in [-0.2, -0.15) is 0 Å². The highest BCUT2D eigenvalue weighted by Gasteiger charge is 2.35. The molecule has 0 aromatic heterocycles. The second-order valence-corrected chi connectivity index (χ2v) is 6.26. The molecule has 0 aliphatic carbocycles. The first kappa shape index (κ1) is 15.4. The first-order chi connectivity index (χ1) is 9.78. The Bertz CT molecular complexity index is 542. The van der Waals surface area contributed by atoms with Gasteiger partial charge in [-0.1, -0.05) is 0 Å². The van der Waals surface area contributed by atoms with Crippen molar-refractivity contribution in [2.75, 3.05) is 13.1 Å². The van der Waals surface area contributed by atoms with Gasteiger partial charge in [0, 0.05) is 5.56 Å². The van der Waals surface area contributed by atoms with E-state index in [0.717, 1.165) is 11.8 Å². The second-order valence-electron chi connectivity index (χ2n) is 6.26. The van der Waals surface area contributed by atoms with E-state index in [1.807, 2.05) is 33.8 Å². The summed E-state index contributed by atoms with van der Waals surface area (Å²) in [5, 5.41) is 0. The highest BCUT2D eigenvalue weighted by atomic mass is 16.6. The van der Waals surface area contributed by atoms with Crippen LogP contribution in [0.5, 0.6) is 5.75 Å². The zero-order valence-electron chi connectivity index (χ0n) is 12.9. The van der Waals surface area contributed by atoms with Gasteiger partial charge < -0.3 is 14.4 Å². The Morgan fingerprint density at radius 1 is 1.33 bits per heavy atom. The van der Waals surface area contributed by atoms with Crippen molar-refractivity contribution in [1.82, 2.24) is 4.90 Å². The molecule has 114 valence electrons. The summed E-state index contributed by atoms with van der Waals surface area (Å²) in [5.74, 6) is 0.715. The number of aryl methyl sites for hydroxylation is 1. The second kappa shape index (κ2) is 5.76. The maximum Gasteiger partial charge on any atom is 0.410 e. The molecule has 2 rings (SSSR count). The molecule has 5 nitrogen and oxygen atoms in total. The number of benzene rings is 1. The number of nitrogens with zero attached hydrogens (tertiary/aromatic N) is 1. The lowest BCUT2D eigenvalue weighted by atomic mass is 10.1. The number of likely N-dealkylation sites (tertiary alicyclic amines) is 1. The largest absolute Gasteiger partial charge is 0.487 e. The summed E-state index contributed by atoms with van der Waals surface area (Å²) in [7, 11) is 0. The Hall–Kier alpha value is -2.04. The quantitative estimate of drug-likeness (QED) is 0.804. The van der Waals surface area contributed by atoms with Gasteiger partial charge in [-0.15, -0.1) is 0 Å². The topological polar surface area (TPSA) is 55.8 Å². The molecular formula is C16H21NO4. The predicted octanol–water partition coefficient (Wildman–Crippen LogP) is 2.81. The summed E-state index contributed by atoms with van der Waals surface area (Å²) >= 11 is 0. The molecule has 1 fully saturated rings. The van der Waals surface area contributed by atoms with Crippen LogP contribution >= 0.6 is 0 Å². The van der Waals surface area contributed by atoms with Crippen LogP contribution in [0.3, 0.4) is 0 Å². The average Bonchev–Trinajstić information content (AvgIpc) is 2.31. The summed E-state index contributed by atoms with van der Waals surface area (Å²) in [6, 6.07) is 5.34. The van der Waals surface area contributed by atoms with Crippen molar-refractivity contribution in [3.05, 3.63) is 29.3 Å². The third-order valence-electron chi connectivity index (χ3n) is 3.17. The number of hydrogen-bond acceptors (Lipinski definition) is 4. The zero-order chi connectivity index (χ0) is 15.6. The van der Waals surface area contributed by atoms with E-state index < -0.39 is 5.60 Å². The smallest absolute Gasteiger partial charge is 0.410 e. The molecule has 1 amide bonds. The van der Waals surface area contributed by atoms with Crippen molar-refractivity contribution in [2.45, 2.75) is 39.4 Å². The molecule has 1 aliphatic heterocycles. The molecule has 21 heavy (non-hydrogen) atoms. The minimum absolute atomic E-state index is 0.0287. The fourth-order valence-electron chi connectivity index (χ4n) is 2.03. The fraction of sp³-hybridized carbons (Fsp3) is 0.500. The number of ether oxygens (including phenoxy) is 2. The number of hydrogen-bond donors (Lipinski definition) is 0. The minimum Gasteiger partial charge on any atom is -0.487 e. The monoisotopic (exact) mass is 291 g/mol. The Balaban J connectivity index is 1.84. The molecule has 0 unspecified atom stereocenters. The van der Waals surface area contributed by atoms with Crippen molar-refractivity contribution in [2.24, 2.45) is 0 Å². The van der Waals surface area contributed by atoms with Crippen LogP contribution in [0.15, 0.2) is 18.2 Å². The van der Waals surface area contributed by atoms with Crippen LogP contribution in [0.2, 0.25) is 0 Å². The molecule has 1 aromatic carbocycles. The van der Waals surface area contributed by atoms with Gasteiger partial charge in [0.05, 0.1) is 13.1 Å². The normalized spacial score (nSPS) is 15.3. The molecular weight excluding hydrogens is 270 g/mol. The predicted molar refractivity (Wildman–Crippen MR) is 78.8 cm³/mol. The molecule has 1 aromatic rings.